The summed E-state index contributed by atoms with van der Waals surface area (Å²) in [5.41, 5.74) is -0.0195. The molecule has 0 saturated carbocycles. The van der Waals surface area contributed by atoms with Crippen LogP contribution in [0.4, 0.5) is 13.6 Å². The number of rotatable bonds is 6. The van der Waals surface area contributed by atoms with Crippen molar-refractivity contribution in [1.29, 1.82) is 0 Å². The molecule has 2 rings (SSSR count). The van der Waals surface area contributed by atoms with E-state index < -0.39 is 23.8 Å². The predicted molar refractivity (Wildman–Crippen MR) is 85.1 cm³/mol. The molecule has 2 aromatic rings. The van der Waals surface area contributed by atoms with Crippen LogP contribution in [0.2, 0.25) is 0 Å². The average molecular weight is 333 g/mol. The van der Waals surface area contributed by atoms with Crippen molar-refractivity contribution in [2.24, 2.45) is 0 Å². The molecule has 0 heterocycles. The Kier molecular flexibility index (Phi) is 5.63. The summed E-state index contributed by atoms with van der Waals surface area (Å²) < 4.78 is 34.3. The van der Waals surface area contributed by atoms with Crippen LogP contribution in [-0.4, -0.2) is 24.4 Å². The molecule has 0 aliphatic carbocycles. The second-order valence-corrected chi connectivity index (χ2v) is 5.03. The van der Waals surface area contributed by atoms with Crippen molar-refractivity contribution in [2.75, 3.05) is 6.61 Å². The van der Waals surface area contributed by atoms with E-state index in [1.54, 1.807) is 31.2 Å². The Bertz CT molecular complexity index is 690. The third kappa shape index (κ3) is 3.95. The Morgan fingerprint density at radius 2 is 1.58 bits per heavy atom. The SMILES string of the molecule is CCOC(=O)NC(c1ccccc1)C(F)(F)C(=O)c1ccccc1. The van der Waals surface area contributed by atoms with E-state index in [0.29, 0.717) is 0 Å². The number of ether oxygens (including phenoxy) is 1. The first kappa shape index (κ1) is 17.6. The number of amides is 1. The molecule has 0 radical (unpaired) electrons. The van der Waals surface area contributed by atoms with Crippen molar-refractivity contribution in [3.63, 3.8) is 0 Å². The summed E-state index contributed by atoms with van der Waals surface area (Å²) in [6.45, 7) is 1.59. The molecule has 1 N–H and O–H groups in total. The Labute approximate surface area is 138 Å². The highest BCUT2D eigenvalue weighted by Crippen LogP contribution is 2.34. The number of ketones is 1. The summed E-state index contributed by atoms with van der Waals surface area (Å²) >= 11 is 0. The molecule has 0 spiro atoms. The van der Waals surface area contributed by atoms with E-state index in [1.807, 2.05) is 0 Å². The number of alkyl carbamates (subject to hydrolysis) is 1. The first-order chi connectivity index (χ1) is 11.5. The minimum Gasteiger partial charge on any atom is -0.450 e. The summed E-state index contributed by atoms with van der Waals surface area (Å²) in [6, 6.07) is 13.0. The van der Waals surface area contributed by atoms with Crippen LogP contribution in [0.25, 0.3) is 0 Å². The maximum Gasteiger partial charge on any atom is 0.407 e. The molecule has 0 aromatic heterocycles. The van der Waals surface area contributed by atoms with E-state index in [0.717, 1.165) is 0 Å². The van der Waals surface area contributed by atoms with Gasteiger partial charge in [-0.2, -0.15) is 8.78 Å². The first-order valence-electron chi connectivity index (χ1n) is 7.42. The molecule has 4 nitrogen and oxygen atoms in total. The van der Waals surface area contributed by atoms with Gasteiger partial charge >= 0.3 is 12.0 Å². The predicted octanol–water partition coefficient (Wildman–Crippen LogP) is 3.99. The fraction of sp³-hybridized carbons (Fsp3) is 0.222. The number of nitrogens with one attached hydrogen (secondary N) is 1. The van der Waals surface area contributed by atoms with Crippen LogP contribution in [0.5, 0.6) is 0 Å². The Morgan fingerprint density at radius 3 is 2.12 bits per heavy atom. The molecule has 1 atom stereocenters. The van der Waals surface area contributed by atoms with Crippen LogP contribution in [0.3, 0.4) is 0 Å². The van der Waals surface area contributed by atoms with E-state index in [1.165, 1.54) is 36.4 Å². The highest BCUT2D eigenvalue weighted by atomic mass is 19.3. The minimum absolute atomic E-state index is 0.0333. The monoisotopic (exact) mass is 333 g/mol. The standard InChI is InChI=1S/C18H17F2NO3/c1-2-24-17(23)21-15(13-9-5-3-6-10-13)18(19,20)16(22)14-11-7-4-8-12-14/h3-12,15H,2H2,1H3,(H,21,23). The lowest BCUT2D eigenvalue weighted by Crippen LogP contribution is -2.45. The summed E-state index contributed by atoms with van der Waals surface area (Å²) in [5, 5.41) is 2.09. The van der Waals surface area contributed by atoms with Crippen LogP contribution in [0, 0.1) is 0 Å². The number of halogens is 2. The molecule has 0 aliphatic rings. The fourth-order valence-corrected chi connectivity index (χ4v) is 2.23. The van der Waals surface area contributed by atoms with Crippen molar-refractivity contribution < 1.29 is 23.1 Å². The number of alkyl halides is 2. The van der Waals surface area contributed by atoms with Gasteiger partial charge in [0.05, 0.1) is 6.61 Å². The van der Waals surface area contributed by atoms with Crippen LogP contribution >= 0.6 is 0 Å². The zero-order valence-electron chi connectivity index (χ0n) is 13.0. The van der Waals surface area contributed by atoms with E-state index in [-0.39, 0.29) is 17.7 Å². The zero-order chi connectivity index (χ0) is 17.6. The first-order valence-corrected chi connectivity index (χ1v) is 7.42. The summed E-state index contributed by atoms with van der Waals surface area (Å²) in [5.74, 6) is -5.20. The number of Topliss-reactive ketones (excluding diaryl/α,β-unsaturated/α-hetero) is 1. The zero-order valence-corrected chi connectivity index (χ0v) is 13.0. The van der Waals surface area contributed by atoms with E-state index in [2.05, 4.69) is 10.1 Å². The number of carbonyl (C=O) groups excluding carboxylic acids is 2. The Hall–Kier alpha value is -2.76. The molecule has 0 fully saturated rings. The van der Waals surface area contributed by atoms with Crippen LogP contribution in [0.1, 0.15) is 28.9 Å². The number of hydrogen-bond acceptors (Lipinski definition) is 3. The molecule has 0 bridgehead atoms. The molecule has 126 valence electrons. The molecule has 0 aliphatic heterocycles. The van der Waals surface area contributed by atoms with Crippen LogP contribution in [0.15, 0.2) is 60.7 Å². The van der Waals surface area contributed by atoms with Gasteiger partial charge in [-0.25, -0.2) is 4.79 Å². The molecule has 0 saturated heterocycles. The molecule has 2 aromatic carbocycles. The summed E-state index contributed by atoms with van der Waals surface area (Å²) in [6.07, 6.45) is -1.01. The maximum absolute atomic E-state index is 14.8. The van der Waals surface area contributed by atoms with Gasteiger partial charge in [0.1, 0.15) is 6.04 Å². The maximum atomic E-state index is 14.8. The van der Waals surface area contributed by atoms with Gasteiger partial charge in [-0.15, -0.1) is 0 Å². The van der Waals surface area contributed by atoms with Crippen molar-refractivity contribution in [3.05, 3.63) is 71.8 Å². The molecular weight excluding hydrogens is 316 g/mol. The van der Waals surface area contributed by atoms with Crippen molar-refractivity contribution in [2.45, 2.75) is 18.9 Å². The van der Waals surface area contributed by atoms with Crippen molar-refractivity contribution >= 4 is 11.9 Å². The largest absolute Gasteiger partial charge is 0.450 e. The Morgan fingerprint density at radius 1 is 1.04 bits per heavy atom. The minimum atomic E-state index is -3.84. The third-order valence-electron chi connectivity index (χ3n) is 3.37. The molecule has 1 amide bonds. The van der Waals surface area contributed by atoms with Crippen LogP contribution in [-0.2, 0) is 4.74 Å². The topological polar surface area (TPSA) is 55.4 Å². The van der Waals surface area contributed by atoms with E-state index >= 15 is 0 Å². The lowest BCUT2D eigenvalue weighted by atomic mass is 9.94. The van der Waals surface area contributed by atoms with Gasteiger partial charge < -0.3 is 10.1 Å². The third-order valence-corrected chi connectivity index (χ3v) is 3.37. The Balaban J connectivity index is 2.37. The van der Waals surface area contributed by atoms with Gasteiger partial charge in [-0.1, -0.05) is 60.7 Å². The summed E-state index contributed by atoms with van der Waals surface area (Å²) in [4.78, 5) is 23.9. The number of hydrogen-bond donors (Lipinski definition) is 1. The lowest BCUT2D eigenvalue weighted by Gasteiger charge is -2.26. The molecule has 6 heteroatoms. The van der Waals surface area contributed by atoms with E-state index in [4.69, 9.17) is 0 Å². The van der Waals surface area contributed by atoms with E-state index in [9.17, 15) is 18.4 Å². The smallest absolute Gasteiger partial charge is 0.407 e. The molecule has 24 heavy (non-hydrogen) atoms. The normalized spacial score (nSPS) is 12.3. The van der Waals surface area contributed by atoms with Gasteiger partial charge in [0.25, 0.3) is 0 Å². The van der Waals surface area contributed by atoms with Crippen LogP contribution < -0.4 is 5.32 Å². The summed E-state index contributed by atoms with van der Waals surface area (Å²) in [7, 11) is 0. The van der Waals surface area contributed by atoms with Gasteiger partial charge in [0.15, 0.2) is 0 Å². The number of benzene rings is 2. The van der Waals surface area contributed by atoms with Crippen molar-refractivity contribution in [3.8, 4) is 0 Å². The molecular formula is C18H17F2NO3. The average Bonchev–Trinajstić information content (AvgIpc) is 2.60. The quantitative estimate of drug-likeness (QED) is 0.813. The highest BCUT2D eigenvalue weighted by Gasteiger charge is 2.49. The molecule has 1 unspecified atom stereocenters. The second-order valence-electron chi connectivity index (χ2n) is 5.03. The van der Waals surface area contributed by atoms with Gasteiger partial charge in [0.2, 0.25) is 5.78 Å². The van der Waals surface area contributed by atoms with Gasteiger partial charge in [-0.05, 0) is 12.5 Å². The van der Waals surface area contributed by atoms with Crippen molar-refractivity contribution in [1.82, 2.24) is 5.32 Å². The van der Waals surface area contributed by atoms with Gasteiger partial charge in [0, 0.05) is 5.56 Å². The highest BCUT2D eigenvalue weighted by molar-refractivity contribution is 6.02. The second kappa shape index (κ2) is 7.68. The fourth-order valence-electron chi connectivity index (χ4n) is 2.23. The lowest BCUT2D eigenvalue weighted by molar-refractivity contribution is -0.0162. The number of carbonyl (C=O) groups is 2. The van der Waals surface area contributed by atoms with Gasteiger partial charge in [-0.3, -0.25) is 4.79 Å².